The van der Waals surface area contributed by atoms with Crippen molar-refractivity contribution in [1.82, 2.24) is 19.9 Å². The molecule has 1 atom stereocenters. The highest BCUT2D eigenvalue weighted by Gasteiger charge is 2.48. The van der Waals surface area contributed by atoms with Gasteiger partial charge in [-0.05, 0) is 36.6 Å². The Kier molecular flexibility index (Phi) is 3.55. The lowest BCUT2D eigenvalue weighted by molar-refractivity contribution is -0.169. The van der Waals surface area contributed by atoms with Gasteiger partial charge in [0, 0.05) is 36.1 Å². The molecular formula is C17H15F3N4O. The first-order valence-corrected chi connectivity index (χ1v) is 7.94. The number of alkyl halides is 3. The van der Waals surface area contributed by atoms with E-state index in [-0.39, 0.29) is 18.7 Å². The van der Waals surface area contributed by atoms with Gasteiger partial charge in [0.2, 0.25) is 0 Å². The van der Waals surface area contributed by atoms with Crippen LogP contribution in [0, 0.1) is 0 Å². The molecular weight excluding hydrogens is 333 g/mol. The van der Waals surface area contributed by atoms with Crippen LogP contribution in [0.3, 0.4) is 0 Å². The number of amides is 1. The first-order chi connectivity index (χ1) is 11.9. The van der Waals surface area contributed by atoms with Crippen molar-refractivity contribution in [3.05, 3.63) is 42.5 Å². The molecule has 25 heavy (non-hydrogen) atoms. The summed E-state index contributed by atoms with van der Waals surface area (Å²) in [5, 5.41) is 0.884. The van der Waals surface area contributed by atoms with Crippen molar-refractivity contribution in [3.63, 3.8) is 0 Å². The van der Waals surface area contributed by atoms with Gasteiger partial charge in [-0.3, -0.25) is 4.79 Å². The van der Waals surface area contributed by atoms with E-state index in [9.17, 15) is 18.0 Å². The number of likely N-dealkylation sites (tertiary alicyclic amines) is 1. The molecule has 2 N–H and O–H groups in total. The highest BCUT2D eigenvalue weighted by Crippen LogP contribution is 2.34. The standard InChI is InChI=1S/C17H15F3N4O/c18-17(19,20)14-2-1-7-24(14)16(25)13-8-10(9-23-13)11-3-5-21-15-12(11)4-6-22-15/h3-6,8-9,14,23H,1-2,7H2,(H,21,22). The van der Waals surface area contributed by atoms with Crippen LogP contribution in [0.4, 0.5) is 13.2 Å². The van der Waals surface area contributed by atoms with Gasteiger partial charge in [-0.25, -0.2) is 4.98 Å². The average molecular weight is 348 g/mol. The van der Waals surface area contributed by atoms with Gasteiger partial charge in [-0.1, -0.05) is 0 Å². The predicted octanol–water partition coefficient (Wildman–Crippen LogP) is 3.72. The van der Waals surface area contributed by atoms with Crippen LogP contribution in [0.25, 0.3) is 22.2 Å². The monoisotopic (exact) mass is 348 g/mol. The van der Waals surface area contributed by atoms with Crippen LogP contribution in [-0.2, 0) is 0 Å². The van der Waals surface area contributed by atoms with E-state index in [4.69, 9.17) is 0 Å². The molecule has 0 spiro atoms. The number of aromatic nitrogens is 3. The minimum absolute atomic E-state index is 0.0445. The minimum atomic E-state index is -4.40. The van der Waals surface area contributed by atoms with Crippen molar-refractivity contribution in [1.29, 1.82) is 0 Å². The SMILES string of the molecule is O=C(c1cc(-c2ccnc3[nH]ccc23)c[nH]1)N1CCCC1C(F)(F)F. The molecule has 3 aromatic heterocycles. The molecule has 4 heterocycles. The molecule has 5 nitrogen and oxygen atoms in total. The van der Waals surface area contributed by atoms with Crippen LogP contribution in [0.5, 0.6) is 0 Å². The van der Waals surface area contributed by atoms with Gasteiger partial charge >= 0.3 is 6.18 Å². The largest absolute Gasteiger partial charge is 0.408 e. The smallest absolute Gasteiger partial charge is 0.357 e. The Morgan fingerprint density at radius 3 is 2.92 bits per heavy atom. The van der Waals surface area contributed by atoms with Crippen molar-refractivity contribution in [2.75, 3.05) is 6.54 Å². The molecule has 1 saturated heterocycles. The van der Waals surface area contributed by atoms with E-state index in [0.717, 1.165) is 21.4 Å². The fourth-order valence-corrected chi connectivity index (χ4v) is 3.39. The molecule has 0 aliphatic carbocycles. The molecule has 0 aromatic carbocycles. The summed E-state index contributed by atoms with van der Waals surface area (Å²) in [7, 11) is 0. The zero-order chi connectivity index (χ0) is 17.6. The molecule has 1 fully saturated rings. The van der Waals surface area contributed by atoms with Gasteiger partial charge < -0.3 is 14.9 Å². The fourth-order valence-electron chi connectivity index (χ4n) is 3.39. The molecule has 4 rings (SSSR count). The molecule has 1 aliphatic heterocycles. The van der Waals surface area contributed by atoms with Crippen LogP contribution in [0.2, 0.25) is 0 Å². The Morgan fingerprint density at radius 2 is 2.12 bits per heavy atom. The van der Waals surface area contributed by atoms with Gasteiger partial charge in [-0.15, -0.1) is 0 Å². The van der Waals surface area contributed by atoms with E-state index in [1.807, 2.05) is 12.1 Å². The van der Waals surface area contributed by atoms with E-state index in [1.54, 1.807) is 24.7 Å². The second kappa shape index (κ2) is 5.65. The number of fused-ring (bicyclic) bond motifs is 1. The number of carbonyl (C=O) groups excluding carboxylic acids is 1. The predicted molar refractivity (Wildman–Crippen MR) is 86.0 cm³/mol. The van der Waals surface area contributed by atoms with Crippen molar-refractivity contribution >= 4 is 16.9 Å². The van der Waals surface area contributed by atoms with Crippen LogP contribution in [-0.4, -0.2) is 44.5 Å². The summed E-state index contributed by atoms with van der Waals surface area (Å²) in [6.45, 7) is 0.120. The van der Waals surface area contributed by atoms with Gasteiger partial charge in [-0.2, -0.15) is 13.2 Å². The number of aromatic amines is 2. The van der Waals surface area contributed by atoms with Crippen LogP contribution in [0.1, 0.15) is 23.3 Å². The quantitative estimate of drug-likeness (QED) is 0.741. The topological polar surface area (TPSA) is 64.8 Å². The highest BCUT2D eigenvalue weighted by atomic mass is 19.4. The Balaban J connectivity index is 1.65. The number of halogens is 3. The van der Waals surface area contributed by atoms with E-state index in [0.29, 0.717) is 12.1 Å². The van der Waals surface area contributed by atoms with E-state index in [1.165, 1.54) is 0 Å². The van der Waals surface area contributed by atoms with Crippen LogP contribution < -0.4 is 0 Å². The van der Waals surface area contributed by atoms with Crippen molar-refractivity contribution in [3.8, 4) is 11.1 Å². The summed E-state index contributed by atoms with van der Waals surface area (Å²) >= 11 is 0. The first kappa shape index (κ1) is 15.7. The van der Waals surface area contributed by atoms with Crippen LogP contribution in [0.15, 0.2) is 36.8 Å². The number of pyridine rings is 1. The molecule has 0 bridgehead atoms. The van der Waals surface area contributed by atoms with Gasteiger partial charge in [0.1, 0.15) is 17.4 Å². The lowest BCUT2D eigenvalue weighted by Crippen LogP contribution is -2.44. The van der Waals surface area contributed by atoms with Gasteiger partial charge in [0.15, 0.2) is 0 Å². The zero-order valence-corrected chi connectivity index (χ0v) is 13.1. The Morgan fingerprint density at radius 1 is 1.28 bits per heavy atom. The highest BCUT2D eigenvalue weighted by molar-refractivity contribution is 5.97. The second-order valence-electron chi connectivity index (χ2n) is 6.10. The van der Waals surface area contributed by atoms with Crippen LogP contribution >= 0.6 is 0 Å². The van der Waals surface area contributed by atoms with Gasteiger partial charge in [0.25, 0.3) is 5.91 Å². The third-order valence-corrected chi connectivity index (χ3v) is 4.58. The van der Waals surface area contributed by atoms with Crippen molar-refractivity contribution < 1.29 is 18.0 Å². The molecule has 0 saturated carbocycles. The number of H-pyrrole nitrogens is 2. The summed E-state index contributed by atoms with van der Waals surface area (Å²) in [4.78, 5) is 23.5. The average Bonchev–Trinajstić information content (AvgIpc) is 3.30. The maximum absolute atomic E-state index is 13.1. The molecule has 1 unspecified atom stereocenters. The molecule has 8 heteroatoms. The lowest BCUT2D eigenvalue weighted by atomic mass is 10.1. The molecule has 130 valence electrons. The number of nitrogens with one attached hydrogen (secondary N) is 2. The Labute approximate surface area is 140 Å². The third-order valence-electron chi connectivity index (χ3n) is 4.58. The first-order valence-electron chi connectivity index (χ1n) is 7.94. The number of rotatable bonds is 2. The van der Waals surface area contributed by atoms with E-state index < -0.39 is 18.1 Å². The lowest BCUT2D eigenvalue weighted by Gasteiger charge is -2.26. The number of hydrogen-bond donors (Lipinski definition) is 2. The third kappa shape index (κ3) is 2.67. The summed E-state index contributed by atoms with van der Waals surface area (Å²) < 4.78 is 39.2. The number of hydrogen-bond acceptors (Lipinski definition) is 2. The molecule has 1 aliphatic rings. The molecule has 1 amide bonds. The van der Waals surface area contributed by atoms with E-state index >= 15 is 0 Å². The van der Waals surface area contributed by atoms with Crippen molar-refractivity contribution in [2.24, 2.45) is 0 Å². The zero-order valence-electron chi connectivity index (χ0n) is 13.1. The summed E-state index contributed by atoms with van der Waals surface area (Å²) in [5.74, 6) is -0.620. The maximum atomic E-state index is 13.1. The minimum Gasteiger partial charge on any atom is -0.357 e. The van der Waals surface area contributed by atoms with Gasteiger partial charge in [0.05, 0.1) is 0 Å². The van der Waals surface area contributed by atoms with E-state index in [2.05, 4.69) is 15.0 Å². The molecule has 3 aromatic rings. The maximum Gasteiger partial charge on any atom is 0.408 e. The second-order valence-corrected chi connectivity index (χ2v) is 6.10. The fraction of sp³-hybridized carbons (Fsp3) is 0.294. The number of carbonyl (C=O) groups is 1. The Bertz CT molecular complexity index is 927. The normalized spacial score (nSPS) is 18.2. The van der Waals surface area contributed by atoms with Crippen molar-refractivity contribution in [2.45, 2.75) is 25.1 Å². The number of nitrogens with zero attached hydrogens (tertiary/aromatic N) is 2. The Hall–Kier alpha value is -2.77. The summed E-state index contributed by atoms with van der Waals surface area (Å²) in [5.41, 5.74) is 2.46. The summed E-state index contributed by atoms with van der Waals surface area (Å²) in [6.07, 6.45) is 0.952. The summed E-state index contributed by atoms with van der Waals surface area (Å²) in [6, 6.07) is 3.56. The molecule has 0 radical (unpaired) electrons.